The Morgan fingerprint density at radius 2 is 1.69 bits per heavy atom. The van der Waals surface area contributed by atoms with E-state index in [1.165, 1.54) is 12.1 Å². The SMILES string of the molecule is O=S([O-])c1ccccc1Cl.c1ccncc1. The van der Waals surface area contributed by atoms with Gasteiger partial charge in [-0.3, -0.25) is 9.19 Å². The van der Waals surface area contributed by atoms with Crippen LogP contribution in [0.25, 0.3) is 0 Å². The van der Waals surface area contributed by atoms with Gasteiger partial charge >= 0.3 is 0 Å². The van der Waals surface area contributed by atoms with Gasteiger partial charge in [-0.05, 0) is 35.3 Å². The Hall–Kier alpha value is -1.23. The summed E-state index contributed by atoms with van der Waals surface area (Å²) >= 11 is 3.30. The quantitative estimate of drug-likeness (QED) is 0.735. The van der Waals surface area contributed by atoms with E-state index in [9.17, 15) is 8.76 Å². The molecule has 2 aromatic rings. The zero-order valence-corrected chi connectivity index (χ0v) is 9.82. The van der Waals surface area contributed by atoms with E-state index in [1.807, 2.05) is 18.2 Å². The second-order valence-corrected chi connectivity index (χ2v) is 4.01. The Kier molecular flexibility index (Phi) is 5.71. The smallest absolute Gasteiger partial charge is 0.0555 e. The fourth-order valence-corrected chi connectivity index (χ4v) is 1.63. The van der Waals surface area contributed by atoms with Crippen LogP contribution in [0.15, 0.2) is 59.8 Å². The van der Waals surface area contributed by atoms with Gasteiger partial charge in [0.05, 0.1) is 5.02 Å². The molecule has 0 aliphatic rings. The van der Waals surface area contributed by atoms with E-state index in [1.54, 1.807) is 24.5 Å². The van der Waals surface area contributed by atoms with E-state index in [0.29, 0.717) is 0 Å². The molecule has 5 heteroatoms. The molecule has 0 amide bonds. The van der Waals surface area contributed by atoms with Gasteiger partial charge in [0.15, 0.2) is 0 Å². The number of rotatable bonds is 1. The fraction of sp³-hybridized carbons (Fsp3) is 0. The third-order valence-electron chi connectivity index (χ3n) is 1.58. The molecule has 0 aliphatic heterocycles. The molecule has 1 aromatic carbocycles. The Balaban J connectivity index is 0.000000181. The number of pyridine rings is 1. The van der Waals surface area contributed by atoms with Crippen molar-refractivity contribution >= 4 is 22.7 Å². The first kappa shape index (κ1) is 12.8. The summed E-state index contributed by atoms with van der Waals surface area (Å²) in [5.74, 6) is 0. The number of aromatic nitrogens is 1. The Labute approximate surface area is 101 Å². The molecule has 0 aliphatic carbocycles. The molecular weight excluding hydrogens is 246 g/mol. The van der Waals surface area contributed by atoms with Crippen LogP contribution in [0.4, 0.5) is 0 Å². The third kappa shape index (κ3) is 4.53. The van der Waals surface area contributed by atoms with Crippen LogP contribution in [0.5, 0.6) is 0 Å². The molecule has 3 nitrogen and oxygen atoms in total. The molecule has 0 saturated heterocycles. The molecule has 2 rings (SSSR count). The first-order valence-corrected chi connectivity index (χ1v) is 5.86. The molecule has 0 bridgehead atoms. The van der Waals surface area contributed by atoms with Gasteiger partial charge in [-0.2, -0.15) is 0 Å². The van der Waals surface area contributed by atoms with Crippen LogP contribution >= 0.6 is 11.6 Å². The fourth-order valence-electron chi connectivity index (χ4n) is 0.892. The van der Waals surface area contributed by atoms with Gasteiger partial charge in [-0.15, -0.1) is 0 Å². The summed E-state index contributed by atoms with van der Waals surface area (Å²) < 4.78 is 20.7. The van der Waals surface area contributed by atoms with E-state index >= 15 is 0 Å². The van der Waals surface area contributed by atoms with E-state index < -0.39 is 11.1 Å². The van der Waals surface area contributed by atoms with Crippen molar-refractivity contribution in [2.45, 2.75) is 4.90 Å². The average molecular weight is 255 g/mol. The van der Waals surface area contributed by atoms with Crippen molar-refractivity contribution in [3.63, 3.8) is 0 Å². The van der Waals surface area contributed by atoms with Crippen LogP contribution in [-0.2, 0) is 11.1 Å². The van der Waals surface area contributed by atoms with Crippen LogP contribution in [0.1, 0.15) is 0 Å². The first-order valence-electron chi connectivity index (χ1n) is 4.40. The lowest BCUT2D eigenvalue weighted by molar-refractivity contribution is 0.537. The highest BCUT2D eigenvalue weighted by molar-refractivity contribution is 7.79. The maximum atomic E-state index is 10.3. The van der Waals surface area contributed by atoms with Crippen LogP contribution < -0.4 is 0 Å². The van der Waals surface area contributed by atoms with Gasteiger partial charge in [0.1, 0.15) is 0 Å². The van der Waals surface area contributed by atoms with Crippen molar-refractivity contribution in [2.24, 2.45) is 0 Å². The third-order valence-corrected chi connectivity index (χ3v) is 2.74. The molecule has 0 fully saturated rings. The summed E-state index contributed by atoms with van der Waals surface area (Å²) in [6.45, 7) is 0. The van der Waals surface area contributed by atoms with Crippen LogP contribution in [0.2, 0.25) is 5.02 Å². The molecule has 0 radical (unpaired) electrons. The van der Waals surface area contributed by atoms with Gasteiger partial charge in [0.2, 0.25) is 0 Å². The van der Waals surface area contributed by atoms with E-state index in [2.05, 4.69) is 4.98 Å². The molecule has 1 atom stereocenters. The second kappa shape index (κ2) is 7.11. The number of hydrogen-bond acceptors (Lipinski definition) is 3. The minimum absolute atomic E-state index is 0.143. The normalized spacial score (nSPS) is 11.1. The lowest BCUT2D eigenvalue weighted by atomic mass is 10.4. The van der Waals surface area contributed by atoms with Crippen molar-refractivity contribution in [3.05, 3.63) is 59.9 Å². The summed E-state index contributed by atoms with van der Waals surface area (Å²) in [5.41, 5.74) is 0. The number of benzene rings is 1. The topological polar surface area (TPSA) is 53.0 Å². The zero-order valence-electron chi connectivity index (χ0n) is 8.25. The van der Waals surface area contributed by atoms with Gasteiger partial charge in [-0.1, -0.05) is 29.8 Å². The highest BCUT2D eigenvalue weighted by Gasteiger charge is 1.95. The Morgan fingerprint density at radius 1 is 1.06 bits per heavy atom. The summed E-state index contributed by atoms with van der Waals surface area (Å²) in [6, 6.07) is 12.0. The number of hydrogen-bond donors (Lipinski definition) is 0. The van der Waals surface area contributed by atoms with Crippen molar-refractivity contribution in [1.29, 1.82) is 0 Å². The highest BCUT2D eigenvalue weighted by atomic mass is 35.5. The van der Waals surface area contributed by atoms with E-state index in [4.69, 9.17) is 11.6 Å². The molecule has 0 N–H and O–H groups in total. The van der Waals surface area contributed by atoms with E-state index in [0.717, 1.165) is 0 Å². The Morgan fingerprint density at radius 3 is 2.00 bits per heavy atom. The van der Waals surface area contributed by atoms with Crippen LogP contribution in [-0.4, -0.2) is 13.7 Å². The van der Waals surface area contributed by atoms with Gasteiger partial charge in [0.25, 0.3) is 0 Å². The maximum Gasteiger partial charge on any atom is 0.0555 e. The van der Waals surface area contributed by atoms with Crippen LogP contribution in [0, 0.1) is 0 Å². The molecule has 1 unspecified atom stereocenters. The average Bonchev–Trinajstić information content (AvgIpc) is 2.32. The minimum atomic E-state index is -2.22. The lowest BCUT2D eigenvalue weighted by Crippen LogP contribution is -1.88. The molecule has 16 heavy (non-hydrogen) atoms. The predicted octanol–water partition coefficient (Wildman–Crippen LogP) is 2.66. The van der Waals surface area contributed by atoms with Crippen molar-refractivity contribution in [3.8, 4) is 0 Å². The predicted molar refractivity (Wildman–Crippen MR) is 62.9 cm³/mol. The monoisotopic (exact) mass is 254 g/mol. The molecule has 1 heterocycles. The van der Waals surface area contributed by atoms with Gasteiger partial charge in [-0.25, -0.2) is 0 Å². The lowest BCUT2D eigenvalue weighted by Gasteiger charge is -2.05. The molecule has 0 saturated carbocycles. The molecule has 1 aromatic heterocycles. The van der Waals surface area contributed by atoms with Gasteiger partial charge < -0.3 is 4.55 Å². The second-order valence-electron chi connectivity index (χ2n) is 2.69. The molecule has 0 spiro atoms. The summed E-state index contributed by atoms with van der Waals surface area (Å²) in [5, 5.41) is 0.260. The van der Waals surface area contributed by atoms with Gasteiger partial charge in [0, 0.05) is 17.3 Å². The summed E-state index contributed by atoms with van der Waals surface area (Å²) in [4.78, 5) is 3.93. The summed E-state index contributed by atoms with van der Waals surface area (Å²) in [7, 11) is 0. The Bertz CT molecular complexity index is 424. The largest absolute Gasteiger partial charge is 0.768 e. The van der Waals surface area contributed by atoms with E-state index in [-0.39, 0.29) is 9.92 Å². The minimum Gasteiger partial charge on any atom is -0.768 e. The highest BCUT2D eigenvalue weighted by Crippen LogP contribution is 2.16. The molecule has 84 valence electrons. The standard InChI is InChI=1S/C6H5ClO2S.C5H5N/c7-5-3-1-2-4-6(5)10(8)9;1-2-4-6-5-3-1/h1-4H,(H,8,9);1-5H/p-1. The first-order chi connectivity index (χ1) is 7.72. The zero-order chi connectivity index (χ0) is 11.8. The van der Waals surface area contributed by atoms with Crippen molar-refractivity contribution < 1.29 is 8.76 Å². The molecular formula is C11H9ClNO2S-. The van der Waals surface area contributed by atoms with Crippen LogP contribution in [0.3, 0.4) is 0 Å². The number of halogens is 1. The maximum absolute atomic E-state index is 10.3. The van der Waals surface area contributed by atoms with Crippen molar-refractivity contribution in [2.75, 3.05) is 0 Å². The van der Waals surface area contributed by atoms with Crippen molar-refractivity contribution in [1.82, 2.24) is 4.98 Å². The number of nitrogens with zero attached hydrogens (tertiary/aromatic N) is 1. The summed E-state index contributed by atoms with van der Waals surface area (Å²) in [6.07, 6.45) is 3.50.